The number of rotatable bonds is 6. The molecule has 1 N–H and O–H groups in total. The largest absolute Gasteiger partial charge is 0.476 e. The van der Waals surface area contributed by atoms with Crippen molar-refractivity contribution in [2.45, 2.75) is 32.4 Å². The lowest BCUT2D eigenvalue weighted by molar-refractivity contribution is 0.225. The molecule has 0 saturated heterocycles. The molecule has 0 spiro atoms. The van der Waals surface area contributed by atoms with Gasteiger partial charge in [0.05, 0.1) is 6.61 Å². The molecule has 1 aromatic rings. The smallest absolute Gasteiger partial charge is 0.213 e. The first-order valence-electron chi connectivity index (χ1n) is 6.11. The molecule has 0 amide bonds. The number of aliphatic hydroxyl groups is 1. The average Bonchev–Trinajstić information content (AvgIpc) is 3.13. The van der Waals surface area contributed by atoms with Gasteiger partial charge in [0.1, 0.15) is 6.61 Å². The summed E-state index contributed by atoms with van der Waals surface area (Å²) in [4.78, 5) is 6.63. The molecule has 1 aromatic heterocycles. The molecule has 1 heterocycles. The number of aryl methyl sites for hydroxylation is 1. The molecular weight excluding hydrogens is 216 g/mol. The van der Waals surface area contributed by atoms with Crippen LogP contribution in [0.4, 0.5) is 0 Å². The third kappa shape index (κ3) is 3.41. The third-order valence-electron chi connectivity index (χ3n) is 3.20. The Morgan fingerprint density at radius 3 is 2.82 bits per heavy atom. The van der Waals surface area contributed by atoms with Gasteiger partial charge >= 0.3 is 0 Å². The Kier molecular flexibility index (Phi) is 3.97. The highest BCUT2D eigenvalue weighted by Gasteiger charge is 2.25. The number of pyridine rings is 1. The van der Waals surface area contributed by atoms with E-state index in [2.05, 4.69) is 16.9 Å². The van der Waals surface area contributed by atoms with Crippen LogP contribution >= 0.6 is 0 Å². The SMILES string of the molecule is Cc1nc(OCCN(C)C2CC2)ccc1CO. The second kappa shape index (κ2) is 5.47. The standard InChI is InChI=1S/C13H20N2O2/c1-10-11(9-16)3-6-13(14-10)17-8-7-15(2)12-4-5-12/h3,6,12,16H,4-5,7-9H2,1-2H3. The summed E-state index contributed by atoms with van der Waals surface area (Å²) in [5.41, 5.74) is 1.69. The first-order valence-corrected chi connectivity index (χ1v) is 6.11. The van der Waals surface area contributed by atoms with Crippen LogP contribution in [0.15, 0.2) is 12.1 Å². The second-order valence-corrected chi connectivity index (χ2v) is 4.61. The fourth-order valence-corrected chi connectivity index (χ4v) is 1.81. The molecular formula is C13H20N2O2. The minimum absolute atomic E-state index is 0.0313. The molecule has 0 radical (unpaired) electrons. The quantitative estimate of drug-likeness (QED) is 0.810. The number of nitrogens with zero attached hydrogens (tertiary/aromatic N) is 2. The van der Waals surface area contributed by atoms with Crippen LogP contribution < -0.4 is 4.74 Å². The molecule has 0 unspecified atom stereocenters. The van der Waals surface area contributed by atoms with Crippen LogP contribution in [0.2, 0.25) is 0 Å². The van der Waals surface area contributed by atoms with Crippen molar-refractivity contribution in [3.05, 3.63) is 23.4 Å². The molecule has 1 fully saturated rings. The fraction of sp³-hybridized carbons (Fsp3) is 0.615. The lowest BCUT2D eigenvalue weighted by Crippen LogP contribution is -2.26. The highest BCUT2D eigenvalue weighted by molar-refractivity contribution is 5.24. The van der Waals surface area contributed by atoms with E-state index in [1.165, 1.54) is 12.8 Å². The molecule has 1 aliphatic carbocycles. The second-order valence-electron chi connectivity index (χ2n) is 4.61. The van der Waals surface area contributed by atoms with Gasteiger partial charge in [0.2, 0.25) is 5.88 Å². The lowest BCUT2D eigenvalue weighted by atomic mass is 10.2. The van der Waals surface area contributed by atoms with Gasteiger partial charge in [0, 0.05) is 24.3 Å². The van der Waals surface area contributed by atoms with E-state index in [-0.39, 0.29) is 6.61 Å². The zero-order valence-corrected chi connectivity index (χ0v) is 10.5. The average molecular weight is 236 g/mol. The summed E-state index contributed by atoms with van der Waals surface area (Å²) in [7, 11) is 2.13. The van der Waals surface area contributed by atoms with Gasteiger partial charge in [0.25, 0.3) is 0 Å². The highest BCUT2D eigenvalue weighted by atomic mass is 16.5. The van der Waals surface area contributed by atoms with Gasteiger partial charge in [-0.15, -0.1) is 0 Å². The minimum Gasteiger partial charge on any atom is -0.476 e. The Morgan fingerprint density at radius 2 is 2.24 bits per heavy atom. The van der Waals surface area contributed by atoms with E-state index in [0.29, 0.717) is 12.5 Å². The van der Waals surface area contributed by atoms with Crippen molar-refractivity contribution in [3.63, 3.8) is 0 Å². The molecule has 1 aliphatic rings. The minimum atomic E-state index is 0.0313. The van der Waals surface area contributed by atoms with Gasteiger partial charge in [0.15, 0.2) is 0 Å². The summed E-state index contributed by atoms with van der Waals surface area (Å²) in [5.74, 6) is 0.642. The highest BCUT2D eigenvalue weighted by Crippen LogP contribution is 2.24. The summed E-state index contributed by atoms with van der Waals surface area (Å²) in [6, 6.07) is 4.45. The Balaban J connectivity index is 1.80. The Morgan fingerprint density at radius 1 is 1.47 bits per heavy atom. The Bertz CT molecular complexity index is 378. The van der Waals surface area contributed by atoms with Crippen LogP contribution in [0.1, 0.15) is 24.1 Å². The zero-order chi connectivity index (χ0) is 12.3. The molecule has 0 atom stereocenters. The molecule has 1 saturated carbocycles. The van der Waals surface area contributed by atoms with Gasteiger partial charge in [-0.25, -0.2) is 4.98 Å². The van der Waals surface area contributed by atoms with Gasteiger partial charge in [-0.05, 0) is 38.4 Å². The fourth-order valence-electron chi connectivity index (χ4n) is 1.81. The Labute approximate surface area is 102 Å². The third-order valence-corrected chi connectivity index (χ3v) is 3.20. The van der Waals surface area contributed by atoms with Crippen LogP contribution in [0.25, 0.3) is 0 Å². The number of aromatic nitrogens is 1. The molecule has 4 heteroatoms. The number of aliphatic hydroxyl groups excluding tert-OH is 1. The maximum absolute atomic E-state index is 9.04. The van der Waals surface area contributed by atoms with Crippen LogP contribution in [-0.4, -0.2) is 41.2 Å². The van der Waals surface area contributed by atoms with Crippen LogP contribution in [-0.2, 0) is 6.61 Å². The predicted molar refractivity (Wildman–Crippen MR) is 66.0 cm³/mol. The van der Waals surface area contributed by atoms with E-state index >= 15 is 0 Å². The maximum atomic E-state index is 9.04. The normalized spacial score (nSPS) is 15.3. The van der Waals surface area contributed by atoms with Crippen molar-refractivity contribution in [3.8, 4) is 5.88 Å². The first-order chi connectivity index (χ1) is 8.20. The molecule has 2 rings (SSSR count). The van der Waals surface area contributed by atoms with Crippen molar-refractivity contribution < 1.29 is 9.84 Å². The van der Waals surface area contributed by atoms with Crippen molar-refractivity contribution in [1.82, 2.24) is 9.88 Å². The van der Waals surface area contributed by atoms with Crippen LogP contribution in [0, 0.1) is 6.92 Å². The number of hydrogen-bond donors (Lipinski definition) is 1. The van der Waals surface area contributed by atoms with Crippen LogP contribution in [0.3, 0.4) is 0 Å². The number of hydrogen-bond acceptors (Lipinski definition) is 4. The van der Waals surface area contributed by atoms with Gasteiger partial charge in [-0.2, -0.15) is 0 Å². The zero-order valence-electron chi connectivity index (χ0n) is 10.5. The summed E-state index contributed by atoms with van der Waals surface area (Å²) in [6.45, 7) is 3.52. The van der Waals surface area contributed by atoms with E-state index in [1.54, 1.807) is 0 Å². The summed E-state index contributed by atoms with van der Waals surface area (Å²) in [6.07, 6.45) is 2.64. The predicted octanol–water partition coefficient (Wildman–Crippen LogP) is 1.36. The van der Waals surface area contributed by atoms with Crippen molar-refractivity contribution in [2.24, 2.45) is 0 Å². The topological polar surface area (TPSA) is 45.6 Å². The van der Waals surface area contributed by atoms with Gasteiger partial charge in [-0.1, -0.05) is 0 Å². The molecule has 0 aliphatic heterocycles. The number of ether oxygens (including phenoxy) is 1. The van der Waals surface area contributed by atoms with E-state index in [4.69, 9.17) is 9.84 Å². The molecule has 0 aromatic carbocycles. The van der Waals surface area contributed by atoms with E-state index in [0.717, 1.165) is 23.8 Å². The molecule has 4 nitrogen and oxygen atoms in total. The monoisotopic (exact) mass is 236 g/mol. The maximum Gasteiger partial charge on any atom is 0.213 e. The first kappa shape index (κ1) is 12.3. The van der Waals surface area contributed by atoms with E-state index in [9.17, 15) is 0 Å². The van der Waals surface area contributed by atoms with E-state index < -0.39 is 0 Å². The van der Waals surface area contributed by atoms with E-state index in [1.807, 2.05) is 19.1 Å². The molecule has 0 bridgehead atoms. The summed E-state index contributed by atoms with van der Waals surface area (Å²) < 4.78 is 5.60. The molecule has 94 valence electrons. The van der Waals surface area contributed by atoms with Gasteiger partial charge in [-0.3, -0.25) is 0 Å². The van der Waals surface area contributed by atoms with Crippen LogP contribution in [0.5, 0.6) is 5.88 Å². The van der Waals surface area contributed by atoms with Crippen molar-refractivity contribution in [2.75, 3.05) is 20.2 Å². The molecule has 17 heavy (non-hydrogen) atoms. The van der Waals surface area contributed by atoms with Crippen molar-refractivity contribution in [1.29, 1.82) is 0 Å². The summed E-state index contributed by atoms with van der Waals surface area (Å²) in [5, 5.41) is 9.04. The van der Waals surface area contributed by atoms with Crippen molar-refractivity contribution >= 4 is 0 Å². The van der Waals surface area contributed by atoms with Gasteiger partial charge < -0.3 is 14.7 Å². The lowest BCUT2D eigenvalue weighted by Gasteiger charge is -2.15. The Hall–Kier alpha value is -1.13. The summed E-state index contributed by atoms with van der Waals surface area (Å²) >= 11 is 0. The number of likely N-dealkylation sites (N-methyl/N-ethyl adjacent to an activating group) is 1.